The van der Waals surface area contributed by atoms with Crippen molar-refractivity contribution >= 4 is 33.4 Å². The lowest BCUT2D eigenvalue weighted by Crippen LogP contribution is -2.39. The van der Waals surface area contributed by atoms with Gasteiger partial charge in [0, 0.05) is 23.1 Å². The van der Waals surface area contributed by atoms with Gasteiger partial charge >= 0.3 is 0 Å². The first kappa shape index (κ1) is 14.9. The molecule has 1 aromatic rings. The van der Waals surface area contributed by atoms with Gasteiger partial charge in [-0.1, -0.05) is 25.4 Å². The van der Waals surface area contributed by atoms with Gasteiger partial charge in [-0.15, -0.1) is 0 Å². The lowest BCUT2D eigenvalue weighted by Gasteiger charge is -2.34. The van der Waals surface area contributed by atoms with Crippen molar-refractivity contribution in [2.45, 2.75) is 26.7 Å². The van der Waals surface area contributed by atoms with Crippen molar-refractivity contribution < 1.29 is 4.79 Å². The number of benzene rings is 1. The molecule has 0 aromatic heterocycles. The van der Waals surface area contributed by atoms with Gasteiger partial charge in [-0.25, -0.2) is 0 Å². The molecule has 1 aromatic carbocycles. The van der Waals surface area contributed by atoms with Crippen LogP contribution in [0.4, 0.5) is 0 Å². The van der Waals surface area contributed by atoms with Crippen LogP contribution in [-0.4, -0.2) is 23.9 Å². The Kier molecular flexibility index (Phi) is 4.91. The average molecular weight is 345 g/mol. The maximum Gasteiger partial charge on any atom is 0.253 e. The van der Waals surface area contributed by atoms with Gasteiger partial charge in [-0.05, 0) is 58.8 Å². The molecule has 0 bridgehead atoms. The molecule has 2 nitrogen and oxygen atoms in total. The number of piperidine rings is 1. The Morgan fingerprint density at radius 2 is 2.00 bits per heavy atom. The largest absolute Gasteiger partial charge is 0.339 e. The summed E-state index contributed by atoms with van der Waals surface area (Å²) in [5.74, 6) is 1.55. The molecule has 1 saturated heterocycles. The number of likely N-dealkylation sites (tertiary alicyclic amines) is 1. The molecule has 0 aliphatic carbocycles. The zero-order chi connectivity index (χ0) is 14.0. The van der Waals surface area contributed by atoms with E-state index >= 15 is 0 Å². The predicted octanol–water partition coefficient (Wildman–Crippen LogP) is 4.61. The van der Waals surface area contributed by atoms with E-state index in [1.807, 2.05) is 17.0 Å². The molecule has 0 saturated carbocycles. The number of amides is 1. The molecule has 1 fully saturated rings. The highest BCUT2D eigenvalue weighted by Gasteiger charge is 2.25. The second-order valence-electron chi connectivity index (χ2n) is 5.50. The zero-order valence-electron chi connectivity index (χ0n) is 11.3. The SMILES string of the molecule is CC(C)C1CCN(C(=O)c2ccc(Br)c(Cl)c2)CC1. The van der Waals surface area contributed by atoms with Gasteiger partial charge in [-0.3, -0.25) is 4.79 Å². The predicted molar refractivity (Wildman–Crippen MR) is 82.6 cm³/mol. The van der Waals surface area contributed by atoms with Crippen LogP contribution in [-0.2, 0) is 0 Å². The fourth-order valence-electron chi connectivity index (χ4n) is 2.58. The molecule has 104 valence electrons. The minimum absolute atomic E-state index is 0.0941. The first-order chi connectivity index (χ1) is 8.99. The molecule has 0 N–H and O–H groups in total. The molecule has 2 rings (SSSR count). The number of nitrogens with zero attached hydrogens (tertiary/aromatic N) is 1. The molecular formula is C15H19BrClNO. The Bertz CT molecular complexity index is 467. The van der Waals surface area contributed by atoms with Crippen LogP contribution in [0.5, 0.6) is 0 Å². The molecular weight excluding hydrogens is 326 g/mol. The summed E-state index contributed by atoms with van der Waals surface area (Å²) in [6.07, 6.45) is 2.21. The summed E-state index contributed by atoms with van der Waals surface area (Å²) in [6.45, 7) is 6.23. The number of hydrogen-bond donors (Lipinski definition) is 0. The highest BCUT2D eigenvalue weighted by molar-refractivity contribution is 9.10. The molecule has 1 heterocycles. The van der Waals surface area contributed by atoms with Crippen molar-refractivity contribution in [3.63, 3.8) is 0 Å². The summed E-state index contributed by atoms with van der Waals surface area (Å²) in [6, 6.07) is 5.39. The second-order valence-corrected chi connectivity index (χ2v) is 6.76. The summed E-state index contributed by atoms with van der Waals surface area (Å²) >= 11 is 9.39. The van der Waals surface area contributed by atoms with Crippen molar-refractivity contribution in [2.24, 2.45) is 11.8 Å². The number of rotatable bonds is 2. The van der Waals surface area contributed by atoms with Crippen LogP contribution in [0.3, 0.4) is 0 Å². The van der Waals surface area contributed by atoms with E-state index < -0.39 is 0 Å². The van der Waals surface area contributed by atoms with Gasteiger partial charge in [0.05, 0.1) is 5.02 Å². The maximum atomic E-state index is 12.4. The van der Waals surface area contributed by atoms with Gasteiger partial charge in [0.2, 0.25) is 0 Å². The Labute approximate surface area is 128 Å². The summed E-state index contributed by atoms with van der Waals surface area (Å²) < 4.78 is 0.823. The summed E-state index contributed by atoms with van der Waals surface area (Å²) in [4.78, 5) is 14.3. The number of halogens is 2. The van der Waals surface area contributed by atoms with E-state index in [1.54, 1.807) is 6.07 Å². The topological polar surface area (TPSA) is 20.3 Å². The van der Waals surface area contributed by atoms with Crippen LogP contribution >= 0.6 is 27.5 Å². The van der Waals surface area contributed by atoms with E-state index in [9.17, 15) is 4.79 Å². The van der Waals surface area contributed by atoms with Gasteiger partial charge in [0.15, 0.2) is 0 Å². The third kappa shape index (κ3) is 3.51. The zero-order valence-corrected chi connectivity index (χ0v) is 13.7. The maximum absolute atomic E-state index is 12.4. The summed E-state index contributed by atoms with van der Waals surface area (Å²) in [5.41, 5.74) is 0.677. The molecule has 4 heteroatoms. The Hall–Kier alpha value is -0.540. The molecule has 0 radical (unpaired) electrons. The molecule has 0 atom stereocenters. The van der Waals surface area contributed by atoms with Crippen molar-refractivity contribution in [3.8, 4) is 0 Å². The first-order valence-corrected chi connectivity index (χ1v) is 7.90. The number of carbonyl (C=O) groups is 1. The van der Waals surface area contributed by atoms with E-state index in [2.05, 4.69) is 29.8 Å². The minimum Gasteiger partial charge on any atom is -0.339 e. The van der Waals surface area contributed by atoms with Gasteiger partial charge in [-0.2, -0.15) is 0 Å². The normalized spacial score (nSPS) is 17.0. The second kappa shape index (κ2) is 6.27. The van der Waals surface area contributed by atoms with Crippen LogP contribution in [0.1, 0.15) is 37.0 Å². The Balaban J connectivity index is 2.03. The van der Waals surface area contributed by atoms with Gasteiger partial charge in [0.1, 0.15) is 0 Å². The highest BCUT2D eigenvalue weighted by atomic mass is 79.9. The van der Waals surface area contributed by atoms with Crippen LogP contribution in [0.15, 0.2) is 22.7 Å². The minimum atomic E-state index is 0.0941. The van der Waals surface area contributed by atoms with E-state index in [0.29, 0.717) is 16.5 Å². The summed E-state index contributed by atoms with van der Waals surface area (Å²) in [7, 11) is 0. The number of hydrogen-bond acceptors (Lipinski definition) is 1. The monoisotopic (exact) mass is 343 g/mol. The molecule has 1 aliphatic heterocycles. The third-order valence-corrected chi connectivity index (χ3v) is 5.17. The first-order valence-electron chi connectivity index (χ1n) is 6.73. The van der Waals surface area contributed by atoms with E-state index in [1.165, 1.54) is 0 Å². The molecule has 1 aliphatic rings. The molecule has 0 spiro atoms. The number of carbonyl (C=O) groups excluding carboxylic acids is 1. The van der Waals surface area contributed by atoms with Crippen molar-refractivity contribution in [2.75, 3.05) is 13.1 Å². The highest BCUT2D eigenvalue weighted by Crippen LogP contribution is 2.27. The van der Waals surface area contributed by atoms with Crippen LogP contribution in [0.2, 0.25) is 5.02 Å². The Morgan fingerprint density at radius 1 is 1.37 bits per heavy atom. The molecule has 19 heavy (non-hydrogen) atoms. The third-order valence-electron chi connectivity index (χ3n) is 3.94. The van der Waals surface area contributed by atoms with Crippen LogP contribution in [0.25, 0.3) is 0 Å². The smallest absolute Gasteiger partial charge is 0.253 e. The van der Waals surface area contributed by atoms with E-state index in [-0.39, 0.29) is 5.91 Å². The molecule has 1 amide bonds. The van der Waals surface area contributed by atoms with Gasteiger partial charge in [0.25, 0.3) is 5.91 Å². The standard InChI is InChI=1S/C15H19BrClNO/c1-10(2)11-5-7-18(8-6-11)15(19)12-3-4-13(16)14(17)9-12/h3-4,9-11H,5-8H2,1-2H3. The fourth-order valence-corrected chi connectivity index (χ4v) is 3.01. The fraction of sp³-hybridized carbons (Fsp3) is 0.533. The van der Waals surface area contributed by atoms with Gasteiger partial charge < -0.3 is 4.90 Å². The molecule has 0 unspecified atom stereocenters. The quantitative estimate of drug-likeness (QED) is 0.767. The lowest BCUT2D eigenvalue weighted by atomic mass is 9.86. The lowest BCUT2D eigenvalue weighted by molar-refractivity contribution is 0.0667. The van der Waals surface area contributed by atoms with Crippen molar-refractivity contribution in [1.82, 2.24) is 4.90 Å². The van der Waals surface area contributed by atoms with Crippen LogP contribution in [0, 0.1) is 11.8 Å². The average Bonchev–Trinajstić information content (AvgIpc) is 2.41. The Morgan fingerprint density at radius 3 is 2.53 bits per heavy atom. The van der Waals surface area contributed by atoms with E-state index in [4.69, 9.17) is 11.6 Å². The summed E-state index contributed by atoms with van der Waals surface area (Å²) in [5, 5.41) is 0.586. The van der Waals surface area contributed by atoms with E-state index in [0.717, 1.165) is 36.3 Å². The van der Waals surface area contributed by atoms with Crippen LogP contribution < -0.4 is 0 Å². The van der Waals surface area contributed by atoms with Crippen molar-refractivity contribution in [3.05, 3.63) is 33.3 Å². The van der Waals surface area contributed by atoms with Crippen molar-refractivity contribution in [1.29, 1.82) is 0 Å².